The van der Waals surface area contributed by atoms with Crippen molar-refractivity contribution in [2.75, 3.05) is 11.9 Å². The molecule has 0 aliphatic rings. The van der Waals surface area contributed by atoms with Crippen molar-refractivity contribution >= 4 is 5.69 Å². The van der Waals surface area contributed by atoms with Crippen LogP contribution in [0, 0.1) is 0 Å². The molecule has 5 heteroatoms. The fourth-order valence-electron chi connectivity index (χ4n) is 1.88. The molecule has 0 saturated heterocycles. The summed E-state index contributed by atoms with van der Waals surface area (Å²) in [6.07, 6.45) is 1.77. The molecule has 0 spiro atoms. The Kier molecular flexibility index (Phi) is 4.41. The van der Waals surface area contributed by atoms with Gasteiger partial charge >= 0.3 is 0 Å². The number of ether oxygens (including phenoxy) is 1. The van der Waals surface area contributed by atoms with Crippen LogP contribution in [0.25, 0.3) is 0 Å². The lowest BCUT2D eigenvalue weighted by Gasteiger charge is -2.12. The summed E-state index contributed by atoms with van der Waals surface area (Å²) in [4.78, 5) is 0. The Labute approximate surface area is 112 Å². The van der Waals surface area contributed by atoms with E-state index < -0.39 is 0 Å². The number of aryl methyl sites for hydroxylation is 1. The molecule has 0 radical (unpaired) electrons. The van der Waals surface area contributed by atoms with Crippen molar-refractivity contribution in [3.05, 3.63) is 41.7 Å². The number of hydrogen-bond donors (Lipinski definition) is 2. The van der Waals surface area contributed by atoms with Gasteiger partial charge in [-0.1, -0.05) is 0 Å². The second-order valence-corrected chi connectivity index (χ2v) is 4.21. The summed E-state index contributed by atoms with van der Waals surface area (Å²) in [6, 6.07) is 7.69. The van der Waals surface area contributed by atoms with E-state index in [4.69, 9.17) is 4.74 Å². The molecule has 0 amide bonds. The Morgan fingerprint density at radius 2 is 2.21 bits per heavy atom. The van der Waals surface area contributed by atoms with Gasteiger partial charge in [0.05, 0.1) is 25.5 Å². The van der Waals surface area contributed by atoms with Gasteiger partial charge in [-0.15, -0.1) is 0 Å². The zero-order valence-corrected chi connectivity index (χ0v) is 11.3. The highest BCUT2D eigenvalue weighted by atomic mass is 16.5. The van der Waals surface area contributed by atoms with Crippen molar-refractivity contribution < 1.29 is 9.84 Å². The van der Waals surface area contributed by atoms with Crippen molar-refractivity contribution in [1.82, 2.24) is 9.78 Å². The second-order valence-electron chi connectivity index (χ2n) is 4.21. The number of benzene rings is 1. The predicted octanol–water partition coefficient (Wildman–Crippen LogP) is 1.92. The molecular formula is C14H19N3O2. The number of aliphatic hydroxyl groups is 1. The maximum Gasteiger partial charge on any atom is 0.124 e. The number of aromatic nitrogens is 2. The van der Waals surface area contributed by atoms with E-state index in [1.165, 1.54) is 0 Å². The standard InChI is InChI=1S/C14H19N3O2/c1-3-19-14-5-4-12(8-11(14)10-18)15-9-13-6-7-16-17(13)2/h4-8,15,18H,3,9-10H2,1-2H3. The fraction of sp³-hybridized carbons (Fsp3) is 0.357. The number of nitrogens with one attached hydrogen (secondary N) is 1. The first-order chi connectivity index (χ1) is 9.24. The molecule has 2 rings (SSSR count). The van der Waals surface area contributed by atoms with Gasteiger partial charge in [0.2, 0.25) is 0 Å². The third-order valence-electron chi connectivity index (χ3n) is 2.93. The zero-order valence-electron chi connectivity index (χ0n) is 11.3. The van der Waals surface area contributed by atoms with Gasteiger partial charge in [0.25, 0.3) is 0 Å². The first kappa shape index (κ1) is 13.4. The van der Waals surface area contributed by atoms with Gasteiger partial charge in [-0.05, 0) is 31.2 Å². The highest BCUT2D eigenvalue weighted by Crippen LogP contribution is 2.23. The van der Waals surface area contributed by atoms with E-state index in [0.717, 1.165) is 22.7 Å². The van der Waals surface area contributed by atoms with Gasteiger partial charge in [0, 0.05) is 24.5 Å². The van der Waals surface area contributed by atoms with Crippen molar-refractivity contribution in [2.45, 2.75) is 20.1 Å². The van der Waals surface area contributed by atoms with Gasteiger partial charge in [0.15, 0.2) is 0 Å². The van der Waals surface area contributed by atoms with Crippen LogP contribution in [-0.4, -0.2) is 21.5 Å². The summed E-state index contributed by atoms with van der Waals surface area (Å²) in [7, 11) is 1.91. The summed E-state index contributed by atoms with van der Waals surface area (Å²) in [5, 5.41) is 16.8. The van der Waals surface area contributed by atoms with Crippen LogP contribution in [0.5, 0.6) is 5.75 Å². The number of rotatable bonds is 6. The highest BCUT2D eigenvalue weighted by Gasteiger charge is 2.04. The maximum absolute atomic E-state index is 9.34. The van der Waals surface area contributed by atoms with Crippen LogP contribution in [0.1, 0.15) is 18.2 Å². The van der Waals surface area contributed by atoms with E-state index in [1.807, 2.05) is 42.9 Å². The van der Waals surface area contributed by atoms with Crippen LogP contribution in [0.4, 0.5) is 5.69 Å². The SMILES string of the molecule is CCOc1ccc(NCc2ccnn2C)cc1CO. The van der Waals surface area contributed by atoms with Crippen LogP contribution in [0.2, 0.25) is 0 Å². The first-order valence-electron chi connectivity index (χ1n) is 6.32. The van der Waals surface area contributed by atoms with Gasteiger partial charge in [-0.3, -0.25) is 4.68 Å². The quantitative estimate of drug-likeness (QED) is 0.834. The average Bonchev–Trinajstić information content (AvgIpc) is 2.83. The molecule has 1 aromatic heterocycles. The second kappa shape index (κ2) is 6.24. The van der Waals surface area contributed by atoms with E-state index >= 15 is 0 Å². The minimum absolute atomic E-state index is 0.0312. The van der Waals surface area contributed by atoms with Crippen molar-refractivity contribution in [3.63, 3.8) is 0 Å². The lowest BCUT2D eigenvalue weighted by atomic mass is 10.2. The molecule has 1 aromatic carbocycles. The lowest BCUT2D eigenvalue weighted by molar-refractivity contribution is 0.267. The van der Waals surface area contributed by atoms with Crippen molar-refractivity contribution in [1.29, 1.82) is 0 Å². The van der Waals surface area contributed by atoms with Gasteiger partial charge in [0.1, 0.15) is 5.75 Å². The van der Waals surface area contributed by atoms with Crippen LogP contribution in [0.15, 0.2) is 30.5 Å². The van der Waals surface area contributed by atoms with Crippen LogP contribution in [0.3, 0.4) is 0 Å². The monoisotopic (exact) mass is 261 g/mol. The number of nitrogens with zero attached hydrogens (tertiary/aromatic N) is 2. The van der Waals surface area contributed by atoms with Gasteiger partial charge in [-0.25, -0.2) is 0 Å². The maximum atomic E-state index is 9.34. The number of hydrogen-bond acceptors (Lipinski definition) is 4. The highest BCUT2D eigenvalue weighted by molar-refractivity contribution is 5.51. The summed E-state index contributed by atoms with van der Waals surface area (Å²) in [5.74, 6) is 0.732. The third kappa shape index (κ3) is 3.26. The molecule has 0 saturated carbocycles. The molecule has 0 aliphatic heterocycles. The first-order valence-corrected chi connectivity index (χ1v) is 6.32. The molecule has 0 atom stereocenters. The van der Waals surface area contributed by atoms with Gasteiger partial charge in [-0.2, -0.15) is 5.10 Å². The molecule has 0 bridgehead atoms. The minimum Gasteiger partial charge on any atom is -0.494 e. The summed E-state index contributed by atoms with van der Waals surface area (Å²) in [5.41, 5.74) is 2.84. The molecule has 1 heterocycles. The molecule has 102 valence electrons. The molecular weight excluding hydrogens is 242 g/mol. The Hall–Kier alpha value is -2.01. The molecule has 0 aliphatic carbocycles. The Bertz CT molecular complexity index is 537. The molecule has 0 fully saturated rings. The zero-order chi connectivity index (χ0) is 13.7. The Morgan fingerprint density at radius 3 is 2.84 bits per heavy atom. The summed E-state index contributed by atoms with van der Waals surface area (Å²) >= 11 is 0. The topological polar surface area (TPSA) is 59.3 Å². The van der Waals surface area contributed by atoms with E-state index in [9.17, 15) is 5.11 Å². The van der Waals surface area contributed by atoms with Crippen LogP contribution < -0.4 is 10.1 Å². The predicted molar refractivity (Wildman–Crippen MR) is 74.1 cm³/mol. The molecule has 19 heavy (non-hydrogen) atoms. The minimum atomic E-state index is -0.0312. The largest absolute Gasteiger partial charge is 0.494 e. The fourth-order valence-corrected chi connectivity index (χ4v) is 1.88. The summed E-state index contributed by atoms with van der Waals surface area (Å²) < 4.78 is 7.28. The smallest absolute Gasteiger partial charge is 0.124 e. The third-order valence-corrected chi connectivity index (χ3v) is 2.93. The number of anilines is 1. The molecule has 5 nitrogen and oxygen atoms in total. The van der Waals surface area contributed by atoms with E-state index in [1.54, 1.807) is 6.20 Å². The van der Waals surface area contributed by atoms with Crippen LogP contribution in [-0.2, 0) is 20.2 Å². The van der Waals surface area contributed by atoms with Crippen molar-refractivity contribution in [3.8, 4) is 5.75 Å². The summed E-state index contributed by atoms with van der Waals surface area (Å²) in [6.45, 7) is 3.18. The van der Waals surface area contributed by atoms with E-state index in [-0.39, 0.29) is 6.61 Å². The average molecular weight is 261 g/mol. The molecule has 2 aromatic rings. The Balaban J connectivity index is 2.07. The van der Waals surface area contributed by atoms with E-state index in [2.05, 4.69) is 10.4 Å². The normalized spacial score (nSPS) is 10.5. The Morgan fingerprint density at radius 1 is 1.37 bits per heavy atom. The van der Waals surface area contributed by atoms with Crippen molar-refractivity contribution in [2.24, 2.45) is 7.05 Å². The molecule has 2 N–H and O–H groups in total. The van der Waals surface area contributed by atoms with Gasteiger partial charge < -0.3 is 15.2 Å². The molecule has 0 unspecified atom stereocenters. The lowest BCUT2D eigenvalue weighted by Crippen LogP contribution is -2.06. The van der Waals surface area contributed by atoms with E-state index in [0.29, 0.717) is 13.2 Å². The van der Waals surface area contributed by atoms with Crippen LogP contribution >= 0.6 is 0 Å². The number of aliphatic hydroxyl groups excluding tert-OH is 1.